The summed E-state index contributed by atoms with van der Waals surface area (Å²) in [6.45, 7) is 1.64. The van der Waals surface area contributed by atoms with Gasteiger partial charge < -0.3 is 4.98 Å². The quantitative estimate of drug-likeness (QED) is 0.726. The number of nitrogens with zero attached hydrogens (tertiary/aromatic N) is 1. The minimum atomic E-state index is -0.543. The molecule has 2 aromatic rings. The molecular formula is C9H6ClFN2O. The number of halogens is 2. The lowest BCUT2D eigenvalue weighted by Gasteiger charge is -2.00. The summed E-state index contributed by atoms with van der Waals surface area (Å²) in [6, 6.07) is 2.25. The molecule has 0 fully saturated rings. The highest BCUT2D eigenvalue weighted by molar-refractivity contribution is 6.35. The Bertz CT molecular complexity index is 564. The lowest BCUT2D eigenvalue weighted by atomic mass is 10.2. The summed E-state index contributed by atoms with van der Waals surface area (Å²) in [5.41, 5.74) is -0.0526. The Morgan fingerprint density at radius 1 is 1.50 bits per heavy atom. The van der Waals surface area contributed by atoms with Crippen LogP contribution in [0.15, 0.2) is 16.9 Å². The van der Waals surface area contributed by atoms with Gasteiger partial charge >= 0.3 is 0 Å². The van der Waals surface area contributed by atoms with Gasteiger partial charge in [0.2, 0.25) is 0 Å². The fourth-order valence-corrected chi connectivity index (χ4v) is 1.53. The predicted octanol–water partition coefficient (Wildman–Crippen LogP) is 2.02. The second-order valence-corrected chi connectivity index (χ2v) is 3.34. The number of aromatic nitrogens is 2. The van der Waals surface area contributed by atoms with Gasteiger partial charge in [0.15, 0.2) is 0 Å². The van der Waals surface area contributed by atoms with Crippen LogP contribution in [-0.2, 0) is 0 Å². The monoisotopic (exact) mass is 212 g/mol. The van der Waals surface area contributed by atoms with Crippen molar-refractivity contribution in [3.05, 3.63) is 39.2 Å². The normalized spacial score (nSPS) is 10.8. The molecule has 0 aliphatic carbocycles. The Labute approximate surface area is 83.5 Å². The topological polar surface area (TPSA) is 45.8 Å². The fourth-order valence-electron chi connectivity index (χ4n) is 1.28. The van der Waals surface area contributed by atoms with Gasteiger partial charge in [-0.25, -0.2) is 9.37 Å². The molecule has 1 N–H and O–H groups in total. The zero-order valence-corrected chi connectivity index (χ0v) is 8.02. The Kier molecular flexibility index (Phi) is 2.00. The molecule has 1 aromatic carbocycles. The number of fused-ring (bicyclic) bond motifs is 1. The lowest BCUT2D eigenvalue weighted by molar-refractivity contribution is 0.629. The number of nitrogens with one attached hydrogen (secondary N) is 1. The van der Waals surface area contributed by atoms with Crippen molar-refractivity contribution >= 4 is 22.5 Å². The third-order valence-electron chi connectivity index (χ3n) is 1.85. The molecule has 1 heterocycles. The van der Waals surface area contributed by atoms with E-state index in [1.807, 2.05) is 0 Å². The van der Waals surface area contributed by atoms with Crippen molar-refractivity contribution in [2.75, 3.05) is 0 Å². The molecule has 0 radical (unpaired) electrons. The van der Waals surface area contributed by atoms with E-state index in [9.17, 15) is 9.18 Å². The van der Waals surface area contributed by atoms with Crippen LogP contribution in [0, 0.1) is 12.7 Å². The van der Waals surface area contributed by atoms with E-state index < -0.39 is 5.82 Å². The number of hydrogen-bond acceptors (Lipinski definition) is 2. The Morgan fingerprint density at radius 2 is 2.21 bits per heavy atom. The van der Waals surface area contributed by atoms with Crippen molar-refractivity contribution in [1.29, 1.82) is 0 Å². The first-order valence-electron chi connectivity index (χ1n) is 3.93. The molecule has 0 saturated heterocycles. The summed E-state index contributed by atoms with van der Waals surface area (Å²) >= 11 is 5.75. The largest absolute Gasteiger partial charge is 0.310 e. The number of hydrogen-bond donors (Lipinski definition) is 1. The summed E-state index contributed by atoms with van der Waals surface area (Å²) in [4.78, 5) is 17.9. The van der Waals surface area contributed by atoms with Crippen LogP contribution < -0.4 is 5.56 Å². The van der Waals surface area contributed by atoms with Crippen molar-refractivity contribution in [3.63, 3.8) is 0 Å². The molecule has 0 bridgehead atoms. The molecule has 3 nitrogen and oxygen atoms in total. The molecule has 0 aliphatic rings. The van der Waals surface area contributed by atoms with Gasteiger partial charge in [-0.2, -0.15) is 0 Å². The Morgan fingerprint density at radius 3 is 2.93 bits per heavy atom. The van der Waals surface area contributed by atoms with Crippen LogP contribution in [0.2, 0.25) is 5.02 Å². The van der Waals surface area contributed by atoms with Crippen LogP contribution >= 0.6 is 11.6 Å². The van der Waals surface area contributed by atoms with Gasteiger partial charge in [-0.3, -0.25) is 4.79 Å². The average molecular weight is 213 g/mol. The summed E-state index contributed by atoms with van der Waals surface area (Å²) in [5.74, 6) is -0.0883. The molecule has 0 aliphatic heterocycles. The lowest BCUT2D eigenvalue weighted by Crippen LogP contribution is -2.10. The molecule has 0 atom stereocenters. The van der Waals surface area contributed by atoms with Crippen LogP contribution in [0.3, 0.4) is 0 Å². The highest BCUT2D eigenvalue weighted by Gasteiger charge is 2.07. The van der Waals surface area contributed by atoms with Crippen LogP contribution in [0.1, 0.15) is 5.82 Å². The minimum absolute atomic E-state index is 0.147. The van der Waals surface area contributed by atoms with Gasteiger partial charge in [0, 0.05) is 0 Å². The van der Waals surface area contributed by atoms with E-state index in [1.54, 1.807) is 6.92 Å². The van der Waals surface area contributed by atoms with Gasteiger partial charge in [0.25, 0.3) is 5.56 Å². The first-order chi connectivity index (χ1) is 6.58. The molecule has 2 rings (SSSR count). The van der Waals surface area contributed by atoms with E-state index in [2.05, 4.69) is 9.97 Å². The van der Waals surface area contributed by atoms with Gasteiger partial charge in [-0.05, 0) is 19.1 Å². The third kappa shape index (κ3) is 1.37. The van der Waals surface area contributed by atoms with Crippen molar-refractivity contribution < 1.29 is 4.39 Å². The van der Waals surface area contributed by atoms with E-state index in [0.717, 1.165) is 12.1 Å². The van der Waals surface area contributed by atoms with E-state index in [1.165, 1.54) is 0 Å². The number of benzene rings is 1. The summed E-state index contributed by atoms with van der Waals surface area (Å²) in [7, 11) is 0. The third-order valence-corrected chi connectivity index (χ3v) is 2.13. The first-order valence-corrected chi connectivity index (χ1v) is 4.31. The van der Waals surface area contributed by atoms with E-state index in [4.69, 9.17) is 11.6 Å². The number of aryl methyl sites for hydroxylation is 1. The van der Waals surface area contributed by atoms with Crippen molar-refractivity contribution in [2.24, 2.45) is 0 Å². The van der Waals surface area contributed by atoms with E-state index in [-0.39, 0.29) is 16.0 Å². The minimum Gasteiger partial charge on any atom is -0.310 e. The highest BCUT2D eigenvalue weighted by atomic mass is 35.5. The molecule has 72 valence electrons. The van der Waals surface area contributed by atoms with E-state index in [0.29, 0.717) is 11.3 Å². The van der Waals surface area contributed by atoms with E-state index >= 15 is 0 Å². The van der Waals surface area contributed by atoms with Gasteiger partial charge in [0.05, 0.1) is 15.9 Å². The van der Waals surface area contributed by atoms with Crippen LogP contribution in [-0.4, -0.2) is 9.97 Å². The van der Waals surface area contributed by atoms with Gasteiger partial charge in [-0.15, -0.1) is 0 Å². The smallest absolute Gasteiger partial charge is 0.258 e. The molecule has 0 unspecified atom stereocenters. The van der Waals surface area contributed by atoms with Crippen molar-refractivity contribution in [2.45, 2.75) is 6.92 Å². The zero-order valence-electron chi connectivity index (χ0n) is 7.27. The SMILES string of the molecule is Cc1nc2c(Cl)cc(F)cc2c(=O)[nH]1. The number of rotatable bonds is 0. The molecular weight excluding hydrogens is 207 g/mol. The highest BCUT2D eigenvalue weighted by Crippen LogP contribution is 2.20. The fraction of sp³-hybridized carbons (Fsp3) is 0.111. The Hall–Kier alpha value is -1.42. The first kappa shape index (κ1) is 9.15. The second kappa shape index (κ2) is 3.06. The zero-order chi connectivity index (χ0) is 10.3. The van der Waals surface area contributed by atoms with Crippen molar-refractivity contribution in [3.8, 4) is 0 Å². The summed E-state index contributed by atoms with van der Waals surface area (Å²) < 4.78 is 12.9. The maximum Gasteiger partial charge on any atom is 0.258 e. The standard InChI is InChI=1S/C9H6ClFN2O/c1-4-12-8-6(9(14)13-4)2-5(11)3-7(8)10/h2-3H,1H3,(H,12,13,14). The Balaban J connectivity index is 3.02. The van der Waals surface area contributed by atoms with Crippen LogP contribution in [0.5, 0.6) is 0 Å². The maximum absolute atomic E-state index is 12.9. The summed E-state index contributed by atoms with van der Waals surface area (Å²) in [5, 5.41) is 0.315. The van der Waals surface area contributed by atoms with Gasteiger partial charge in [0.1, 0.15) is 11.6 Å². The van der Waals surface area contributed by atoms with Gasteiger partial charge in [-0.1, -0.05) is 11.6 Å². The maximum atomic E-state index is 12.9. The van der Waals surface area contributed by atoms with Crippen molar-refractivity contribution in [1.82, 2.24) is 9.97 Å². The van der Waals surface area contributed by atoms with Crippen LogP contribution in [0.4, 0.5) is 4.39 Å². The average Bonchev–Trinajstić information content (AvgIpc) is 2.07. The molecule has 1 aromatic heterocycles. The molecule has 0 saturated carbocycles. The van der Waals surface area contributed by atoms with Crippen LogP contribution in [0.25, 0.3) is 10.9 Å². The molecule has 14 heavy (non-hydrogen) atoms. The molecule has 0 spiro atoms. The predicted molar refractivity (Wildman–Crippen MR) is 52.1 cm³/mol. The molecule has 5 heteroatoms. The molecule has 0 amide bonds. The number of aromatic amines is 1. The second-order valence-electron chi connectivity index (χ2n) is 2.94. The number of H-pyrrole nitrogens is 1. The summed E-state index contributed by atoms with van der Waals surface area (Å²) in [6.07, 6.45) is 0.